The highest BCUT2D eigenvalue weighted by Gasteiger charge is 2.11. The van der Waals surface area contributed by atoms with E-state index in [1.807, 2.05) is 0 Å². The molecule has 84 valence electrons. The lowest BCUT2D eigenvalue weighted by Gasteiger charge is -2.07. The van der Waals surface area contributed by atoms with Crippen LogP contribution < -0.4 is 4.74 Å². The number of aromatic carboxylic acids is 1. The molecule has 1 rings (SSSR count). The maximum absolute atomic E-state index is 10.9. The van der Waals surface area contributed by atoms with E-state index in [9.17, 15) is 4.79 Å². The summed E-state index contributed by atoms with van der Waals surface area (Å²) in [7, 11) is 0. The number of hydrogen-bond acceptors (Lipinski definition) is 2. The Labute approximate surface area is 99.0 Å². The summed E-state index contributed by atoms with van der Waals surface area (Å²) in [5.41, 5.74) is 0.0666. The van der Waals surface area contributed by atoms with Crippen LogP contribution in [0.15, 0.2) is 18.2 Å². The van der Waals surface area contributed by atoms with E-state index in [1.54, 1.807) is 19.1 Å². The van der Waals surface area contributed by atoms with Crippen LogP contribution in [0.25, 0.3) is 0 Å². The van der Waals surface area contributed by atoms with Crippen molar-refractivity contribution in [3.8, 4) is 17.6 Å². The molecule has 0 heterocycles. The smallest absolute Gasteiger partial charge is 0.339 e. The number of hydrogen-bond donors (Lipinski definition) is 1. The number of rotatable bonds is 4. The minimum absolute atomic E-state index is 0.0666. The van der Waals surface area contributed by atoms with Gasteiger partial charge in [-0.1, -0.05) is 11.6 Å². The molecule has 0 aliphatic heterocycles. The summed E-state index contributed by atoms with van der Waals surface area (Å²) in [6.07, 6.45) is 0.568. The zero-order valence-electron chi connectivity index (χ0n) is 8.79. The molecule has 0 aromatic heterocycles. The van der Waals surface area contributed by atoms with Crippen LogP contribution in [0.5, 0.6) is 5.75 Å². The first-order chi connectivity index (χ1) is 7.65. The summed E-state index contributed by atoms with van der Waals surface area (Å²) in [5.74, 6) is 4.82. The number of carbonyl (C=O) groups is 1. The quantitative estimate of drug-likeness (QED) is 0.648. The fourth-order valence-corrected chi connectivity index (χ4v) is 1.30. The summed E-state index contributed by atoms with van der Waals surface area (Å²) in [6, 6.07) is 4.50. The van der Waals surface area contributed by atoms with Crippen molar-refractivity contribution in [2.45, 2.75) is 13.3 Å². The third-order valence-electron chi connectivity index (χ3n) is 1.83. The van der Waals surface area contributed by atoms with Gasteiger partial charge in [0.2, 0.25) is 0 Å². The fourth-order valence-electron chi connectivity index (χ4n) is 1.13. The molecule has 4 heteroatoms. The lowest BCUT2D eigenvalue weighted by molar-refractivity contribution is 0.0692. The monoisotopic (exact) mass is 238 g/mol. The molecule has 1 aromatic carbocycles. The molecule has 1 N–H and O–H groups in total. The lowest BCUT2D eigenvalue weighted by atomic mass is 10.2. The molecule has 0 unspecified atom stereocenters. The Morgan fingerprint density at radius 1 is 1.56 bits per heavy atom. The molecule has 0 aliphatic carbocycles. The van der Waals surface area contributed by atoms with E-state index in [-0.39, 0.29) is 5.56 Å². The average Bonchev–Trinajstić information content (AvgIpc) is 2.26. The zero-order valence-corrected chi connectivity index (χ0v) is 9.54. The number of carboxylic acids is 1. The van der Waals surface area contributed by atoms with E-state index in [0.29, 0.717) is 23.8 Å². The Hall–Kier alpha value is -1.66. The predicted octanol–water partition coefficient (Wildman–Crippen LogP) is 2.83. The molecule has 0 aliphatic rings. The molecule has 3 nitrogen and oxygen atoms in total. The highest BCUT2D eigenvalue weighted by Crippen LogP contribution is 2.22. The average molecular weight is 239 g/mol. The Morgan fingerprint density at radius 2 is 2.31 bits per heavy atom. The molecule has 1 aromatic rings. The highest BCUT2D eigenvalue weighted by atomic mass is 35.5. The van der Waals surface area contributed by atoms with Crippen molar-refractivity contribution >= 4 is 17.6 Å². The van der Waals surface area contributed by atoms with Gasteiger partial charge in [0.05, 0.1) is 6.61 Å². The van der Waals surface area contributed by atoms with Gasteiger partial charge in [-0.15, -0.1) is 11.8 Å². The highest BCUT2D eigenvalue weighted by molar-refractivity contribution is 6.31. The van der Waals surface area contributed by atoms with Crippen LogP contribution in [0.4, 0.5) is 0 Å². The van der Waals surface area contributed by atoms with Crippen molar-refractivity contribution < 1.29 is 14.6 Å². The van der Waals surface area contributed by atoms with Gasteiger partial charge in [0.1, 0.15) is 11.3 Å². The molecule has 0 saturated carbocycles. The predicted molar refractivity (Wildman–Crippen MR) is 62.0 cm³/mol. The first-order valence-corrected chi connectivity index (χ1v) is 5.08. The van der Waals surface area contributed by atoms with Gasteiger partial charge in [-0.05, 0) is 25.1 Å². The van der Waals surface area contributed by atoms with Crippen molar-refractivity contribution in [3.63, 3.8) is 0 Å². The fraction of sp³-hybridized carbons (Fsp3) is 0.250. The van der Waals surface area contributed by atoms with Crippen molar-refractivity contribution in [2.75, 3.05) is 6.61 Å². The van der Waals surface area contributed by atoms with Gasteiger partial charge in [-0.25, -0.2) is 4.79 Å². The third kappa shape index (κ3) is 3.48. The first-order valence-electron chi connectivity index (χ1n) is 4.70. The van der Waals surface area contributed by atoms with Crippen molar-refractivity contribution in [1.82, 2.24) is 0 Å². The summed E-state index contributed by atoms with van der Waals surface area (Å²) in [4.78, 5) is 10.9. The standard InChI is InChI=1S/C12H11ClO3/c1-2-3-4-7-16-11-6-5-9(13)8-10(11)12(14)15/h5-6,8H,4,7H2,1H3,(H,14,15). The van der Waals surface area contributed by atoms with Gasteiger partial charge in [-0.3, -0.25) is 0 Å². The number of benzene rings is 1. The number of halogens is 1. The van der Waals surface area contributed by atoms with E-state index < -0.39 is 5.97 Å². The second-order valence-electron chi connectivity index (χ2n) is 2.97. The first kappa shape index (κ1) is 12.4. The van der Waals surface area contributed by atoms with Crippen LogP contribution in [0, 0.1) is 11.8 Å². The van der Waals surface area contributed by atoms with E-state index in [1.165, 1.54) is 6.07 Å². The summed E-state index contributed by atoms with van der Waals surface area (Å²) in [5, 5.41) is 9.30. The Kier molecular flexibility index (Phi) is 4.68. The topological polar surface area (TPSA) is 46.5 Å². The van der Waals surface area contributed by atoms with Crippen LogP contribution in [0.1, 0.15) is 23.7 Å². The minimum atomic E-state index is -1.06. The van der Waals surface area contributed by atoms with Crippen LogP contribution in [-0.4, -0.2) is 17.7 Å². The van der Waals surface area contributed by atoms with Crippen molar-refractivity contribution in [2.24, 2.45) is 0 Å². The SMILES string of the molecule is CC#CCCOc1ccc(Cl)cc1C(=O)O. The van der Waals surface area contributed by atoms with Crippen molar-refractivity contribution in [1.29, 1.82) is 0 Å². The molecule has 16 heavy (non-hydrogen) atoms. The van der Waals surface area contributed by atoms with Gasteiger partial charge in [-0.2, -0.15) is 0 Å². The van der Waals surface area contributed by atoms with Crippen LogP contribution in [-0.2, 0) is 0 Å². The van der Waals surface area contributed by atoms with E-state index in [2.05, 4.69) is 11.8 Å². The summed E-state index contributed by atoms with van der Waals surface area (Å²) < 4.78 is 5.31. The van der Waals surface area contributed by atoms with Crippen LogP contribution >= 0.6 is 11.6 Å². The molecule has 0 fully saturated rings. The minimum Gasteiger partial charge on any atom is -0.492 e. The summed E-state index contributed by atoms with van der Waals surface area (Å²) in [6.45, 7) is 2.10. The van der Waals surface area contributed by atoms with E-state index in [4.69, 9.17) is 21.4 Å². The zero-order chi connectivity index (χ0) is 12.0. The number of ether oxygens (including phenoxy) is 1. The number of carboxylic acid groups (broad SMARTS) is 1. The van der Waals surface area contributed by atoms with Gasteiger partial charge in [0.15, 0.2) is 0 Å². The maximum atomic E-state index is 10.9. The Balaban J connectivity index is 2.77. The van der Waals surface area contributed by atoms with Gasteiger partial charge in [0, 0.05) is 11.4 Å². The normalized spacial score (nSPS) is 9.12. The van der Waals surface area contributed by atoms with Crippen LogP contribution in [0.2, 0.25) is 5.02 Å². The third-order valence-corrected chi connectivity index (χ3v) is 2.07. The van der Waals surface area contributed by atoms with Gasteiger partial charge >= 0.3 is 5.97 Å². The summed E-state index contributed by atoms with van der Waals surface area (Å²) >= 11 is 5.70. The lowest BCUT2D eigenvalue weighted by Crippen LogP contribution is -2.04. The largest absolute Gasteiger partial charge is 0.492 e. The molecule has 0 amide bonds. The molecule has 0 saturated heterocycles. The molecule has 0 spiro atoms. The van der Waals surface area contributed by atoms with Crippen molar-refractivity contribution in [3.05, 3.63) is 28.8 Å². The van der Waals surface area contributed by atoms with E-state index >= 15 is 0 Å². The Bertz CT molecular complexity index is 443. The second-order valence-corrected chi connectivity index (χ2v) is 3.41. The van der Waals surface area contributed by atoms with E-state index in [0.717, 1.165) is 0 Å². The maximum Gasteiger partial charge on any atom is 0.339 e. The van der Waals surface area contributed by atoms with Gasteiger partial charge in [0.25, 0.3) is 0 Å². The molecular formula is C12H11ClO3. The second kappa shape index (κ2) is 6.04. The van der Waals surface area contributed by atoms with Crippen LogP contribution in [0.3, 0.4) is 0 Å². The molecular weight excluding hydrogens is 228 g/mol. The van der Waals surface area contributed by atoms with Gasteiger partial charge < -0.3 is 9.84 Å². The molecule has 0 atom stereocenters. The molecule has 0 bridgehead atoms. The molecule has 0 radical (unpaired) electrons. The Morgan fingerprint density at radius 3 is 2.94 bits per heavy atom.